The summed E-state index contributed by atoms with van der Waals surface area (Å²) in [6, 6.07) is 17.8. The van der Waals surface area contributed by atoms with E-state index in [0.717, 1.165) is 9.87 Å². The summed E-state index contributed by atoms with van der Waals surface area (Å²) in [5, 5.41) is 3.06. The zero-order valence-electron chi connectivity index (χ0n) is 17.9. The zero-order valence-corrected chi connectivity index (χ0v) is 19.5. The number of nitrogens with zero attached hydrogens (tertiary/aromatic N) is 1. The van der Waals surface area contributed by atoms with Gasteiger partial charge in [-0.2, -0.15) is 0 Å². The molecule has 166 valence electrons. The van der Waals surface area contributed by atoms with Crippen LogP contribution >= 0.6 is 11.6 Å². The van der Waals surface area contributed by atoms with Crippen molar-refractivity contribution in [3.05, 3.63) is 88.4 Å². The van der Waals surface area contributed by atoms with Gasteiger partial charge < -0.3 is 5.32 Å². The van der Waals surface area contributed by atoms with Crippen LogP contribution in [0.15, 0.2) is 71.6 Å². The molecule has 3 aromatic carbocycles. The summed E-state index contributed by atoms with van der Waals surface area (Å²) < 4.78 is 28.0. The summed E-state index contributed by atoms with van der Waals surface area (Å²) in [7, 11) is -4.06. The summed E-state index contributed by atoms with van der Waals surface area (Å²) in [6.07, 6.45) is 0. The van der Waals surface area contributed by atoms with E-state index < -0.39 is 22.5 Å². The molecule has 0 radical (unpaired) electrons. The van der Waals surface area contributed by atoms with E-state index in [-0.39, 0.29) is 10.7 Å². The predicted octanol–water partition coefficient (Wildman–Crippen LogP) is 4.99. The molecule has 0 fully saturated rings. The number of carbonyl (C=O) groups is 2. The monoisotopic (exact) mass is 470 g/mol. The molecule has 3 aromatic rings. The third-order valence-corrected chi connectivity index (χ3v) is 7.14. The Morgan fingerprint density at radius 2 is 1.62 bits per heavy atom. The third-order valence-electron chi connectivity index (χ3n) is 4.96. The van der Waals surface area contributed by atoms with Gasteiger partial charge in [0.15, 0.2) is 5.78 Å². The number of nitrogens with one attached hydrogen (secondary N) is 1. The van der Waals surface area contributed by atoms with Crippen LogP contribution in [0.4, 0.5) is 11.4 Å². The minimum atomic E-state index is -4.06. The van der Waals surface area contributed by atoms with Gasteiger partial charge in [-0.25, -0.2) is 8.42 Å². The summed E-state index contributed by atoms with van der Waals surface area (Å²) >= 11 is 6.23. The lowest BCUT2D eigenvalue weighted by molar-refractivity contribution is -0.114. The molecule has 0 aromatic heterocycles. The normalized spacial score (nSPS) is 11.1. The van der Waals surface area contributed by atoms with E-state index in [9.17, 15) is 18.0 Å². The second-order valence-corrected chi connectivity index (χ2v) is 9.66. The van der Waals surface area contributed by atoms with Gasteiger partial charge in [0, 0.05) is 16.3 Å². The lowest BCUT2D eigenvalue weighted by Gasteiger charge is -2.26. The first-order valence-electron chi connectivity index (χ1n) is 9.85. The van der Waals surface area contributed by atoms with E-state index in [1.807, 2.05) is 6.92 Å². The molecule has 0 saturated carbocycles. The highest BCUT2D eigenvalue weighted by Gasteiger charge is 2.28. The molecule has 0 atom stereocenters. The molecule has 0 aliphatic carbocycles. The van der Waals surface area contributed by atoms with Crippen LogP contribution in [0.1, 0.15) is 28.4 Å². The van der Waals surface area contributed by atoms with Gasteiger partial charge in [0.1, 0.15) is 6.54 Å². The van der Waals surface area contributed by atoms with Crippen molar-refractivity contribution >= 4 is 44.7 Å². The Balaban J connectivity index is 1.98. The van der Waals surface area contributed by atoms with Gasteiger partial charge in [-0.05, 0) is 62.7 Å². The number of hydrogen-bond donors (Lipinski definition) is 1. The van der Waals surface area contributed by atoms with E-state index in [2.05, 4.69) is 5.32 Å². The van der Waals surface area contributed by atoms with Crippen LogP contribution in [0, 0.1) is 13.8 Å². The molecule has 0 saturated heterocycles. The van der Waals surface area contributed by atoms with Crippen LogP contribution in [0.5, 0.6) is 0 Å². The first-order chi connectivity index (χ1) is 15.1. The number of ketones is 1. The smallest absolute Gasteiger partial charge is 0.264 e. The van der Waals surface area contributed by atoms with E-state index >= 15 is 0 Å². The van der Waals surface area contributed by atoms with Gasteiger partial charge in [0.2, 0.25) is 5.91 Å². The molecular formula is C24H23ClN2O4S. The van der Waals surface area contributed by atoms with Crippen molar-refractivity contribution in [3.63, 3.8) is 0 Å². The Bertz CT molecular complexity index is 1270. The average Bonchev–Trinajstić information content (AvgIpc) is 2.74. The second kappa shape index (κ2) is 9.54. The number of amides is 1. The molecule has 8 heteroatoms. The van der Waals surface area contributed by atoms with Gasteiger partial charge in [0.05, 0.1) is 10.6 Å². The number of anilines is 2. The van der Waals surface area contributed by atoms with Crippen molar-refractivity contribution in [2.24, 2.45) is 0 Å². The fourth-order valence-electron chi connectivity index (χ4n) is 3.15. The van der Waals surface area contributed by atoms with E-state index in [1.165, 1.54) is 19.1 Å². The molecule has 0 spiro atoms. The van der Waals surface area contributed by atoms with E-state index in [1.54, 1.807) is 61.5 Å². The summed E-state index contributed by atoms with van der Waals surface area (Å²) in [5.74, 6) is -0.694. The molecule has 0 unspecified atom stereocenters. The quantitative estimate of drug-likeness (QED) is 0.493. The van der Waals surface area contributed by atoms with E-state index in [4.69, 9.17) is 11.6 Å². The minimum Gasteiger partial charge on any atom is -0.324 e. The Hall–Kier alpha value is -3.16. The number of aryl methyl sites for hydroxylation is 1. The highest BCUT2D eigenvalue weighted by Crippen LogP contribution is 2.31. The largest absolute Gasteiger partial charge is 0.324 e. The Labute approximate surface area is 192 Å². The summed E-state index contributed by atoms with van der Waals surface area (Å²) in [5.41, 5.74) is 2.61. The number of sulfonamides is 1. The Morgan fingerprint density at radius 3 is 2.28 bits per heavy atom. The number of benzene rings is 3. The van der Waals surface area contributed by atoms with Crippen LogP contribution in [-0.4, -0.2) is 26.7 Å². The Kier molecular flexibility index (Phi) is 7.01. The van der Waals surface area contributed by atoms with Gasteiger partial charge in [-0.3, -0.25) is 13.9 Å². The van der Waals surface area contributed by atoms with Gasteiger partial charge in [-0.1, -0.05) is 47.5 Å². The summed E-state index contributed by atoms with van der Waals surface area (Å²) in [4.78, 5) is 24.5. The molecular weight excluding hydrogens is 448 g/mol. The highest BCUT2D eigenvalue weighted by molar-refractivity contribution is 7.92. The van der Waals surface area contributed by atoms with Crippen LogP contribution in [-0.2, 0) is 14.8 Å². The molecule has 6 nitrogen and oxygen atoms in total. The van der Waals surface area contributed by atoms with Crippen molar-refractivity contribution in [1.29, 1.82) is 0 Å². The number of hydrogen-bond acceptors (Lipinski definition) is 4. The minimum absolute atomic E-state index is 0.0638. The predicted molar refractivity (Wildman–Crippen MR) is 127 cm³/mol. The SMILES string of the molecule is CC(=O)c1cccc(NC(=O)CN(c2cccc(Cl)c2C)S(=O)(=O)c2ccc(C)cc2)c1. The maximum Gasteiger partial charge on any atom is 0.264 e. The molecule has 3 rings (SSSR count). The van der Waals surface area contributed by atoms with Crippen molar-refractivity contribution in [1.82, 2.24) is 0 Å². The Morgan fingerprint density at radius 1 is 0.969 bits per heavy atom. The molecule has 0 heterocycles. The molecule has 1 N–H and O–H groups in total. The van der Waals surface area contributed by atoms with Gasteiger partial charge >= 0.3 is 0 Å². The number of halogens is 1. The van der Waals surface area contributed by atoms with Crippen LogP contribution in [0.25, 0.3) is 0 Å². The molecule has 0 aliphatic rings. The molecule has 0 aliphatic heterocycles. The zero-order chi connectivity index (χ0) is 23.5. The molecule has 1 amide bonds. The van der Waals surface area contributed by atoms with Crippen LogP contribution in [0.3, 0.4) is 0 Å². The fraction of sp³-hybridized carbons (Fsp3) is 0.167. The van der Waals surface area contributed by atoms with Gasteiger partial charge in [0.25, 0.3) is 10.0 Å². The maximum absolute atomic E-state index is 13.5. The standard InChI is InChI=1S/C24H23ClN2O4S/c1-16-10-12-21(13-11-16)32(30,31)27(23-9-5-8-22(25)17(23)2)15-24(29)26-20-7-4-6-19(14-20)18(3)28/h4-14H,15H2,1-3H3,(H,26,29). The number of Topliss-reactive ketones (excluding diaryl/α,β-unsaturated/α-hetero) is 1. The first kappa shape index (κ1) is 23.5. The highest BCUT2D eigenvalue weighted by atomic mass is 35.5. The number of carbonyl (C=O) groups excluding carboxylic acids is 2. The van der Waals surface area contributed by atoms with Crippen molar-refractivity contribution in [3.8, 4) is 0 Å². The average molecular weight is 471 g/mol. The molecule has 0 bridgehead atoms. The molecule has 32 heavy (non-hydrogen) atoms. The van der Waals surface area contributed by atoms with Crippen molar-refractivity contribution < 1.29 is 18.0 Å². The fourth-order valence-corrected chi connectivity index (χ4v) is 4.80. The topological polar surface area (TPSA) is 83.6 Å². The van der Waals surface area contributed by atoms with E-state index in [0.29, 0.717) is 27.5 Å². The van der Waals surface area contributed by atoms with Gasteiger partial charge in [-0.15, -0.1) is 0 Å². The lowest BCUT2D eigenvalue weighted by Crippen LogP contribution is -2.38. The van der Waals surface area contributed by atoms with Crippen molar-refractivity contribution in [2.75, 3.05) is 16.2 Å². The maximum atomic E-state index is 13.5. The van der Waals surface area contributed by atoms with Crippen LogP contribution in [0.2, 0.25) is 5.02 Å². The third kappa shape index (κ3) is 5.18. The second-order valence-electron chi connectivity index (χ2n) is 7.39. The van der Waals surface area contributed by atoms with Crippen LogP contribution < -0.4 is 9.62 Å². The first-order valence-corrected chi connectivity index (χ1v) is 11.7. The van der Waals surface area contributed by atoms with Crippen molar-refractivity contribution in [2.45, 2.75) is 25.7 Å². The lowest BCUT2D eigenvalue weighted by atomic mass is 10.1. The summed E-state index contributed by atoms with van der Waals surface area (Å²) in [6.45, 7) is 4.52. The number of rotatable bonds is 7.